The number of carbonyl (C=O) groups is 3. The highest BCUT2D eigenvalue weighted by molar-refractivity contribution is 8.01. The number of carboxylic acids is 1. The normalized spacial score (nSPS) is 27.4. The largest absolute Gasteiger partial charge is 0.504 e. The Hall–Kier alpha value is -2.46. The third kappa shape index (κ3) is 2.74. The van der Waals surface area contributed by atoms with Crippen molar-refractivity contribution in [2.24, 2.45) is 5.73 Å². The third-order valence-corrected chi connectivity index (χ3v) is 6.19. The second-order valence-electron chi connectivity index (χ2n) is 6.81. The van der Waals surface area contributed by atoms with Crippen LogP contribution in [0.2, 0.25) is 0 Å². The zero-order valence-corrected chi connectivity index (χ0v) is 14.9. The van der Waals surface area contributed by atoms with Crippen molar-refractivity contribution in [1.29, 1.82) is 0 Å². The first-order valence-electron chi connectivity index (χ1n) is 7.85. The van der Waals surface area contributed by atoms with E-state index in [1.54, 1.807) is 13.8 Å². The first-order chi connectivity index (χ1) is 12.0. The Morgan fingerprint density at radius 1 is 1.31 bits per heavy atom. The molecule has 0 aromatic heterocycles. The number of thioether (sulfide) groups is 1. The number of fused-ring (bicyclic) bond motifs is 1. The van der Waals surface area contributed by atoms with E-state index in [-0.39, 0.29) is 11.3 Å². The molecule has 4 atom stereocenters. The minimum Gasteiger partial charge on any atom is -0.504 e. The molecule has 2 amide bonds. The molecule has 26 heavy (non-hydrogen) atoms. The SMILES string of the molecule is CC1(C)S[C@@H]2[C@H](NC(=O)[C@H](N)c3ccc(O)c(O)c3)C(=O)N2[C@H]1C(=O)O. The molecule has 140 valence electrons. The fourth-order valence-electron chi connectivity index (χ4n) is 3.27. The Balaban J connectivity index is 1.72. The maximum atomic E-state index is 12.4. The molecule has 1 aromatic carbocycles. The van der Waals surface area contributed by atoms with Crippen LogP contribution in [0.15, 0.2) is 18.2 Å². The number of carbonyl (C=O) groups excluding carboxylic acids is 2. The summed E-state index contributed by atoms with van der Waals surface area (Å²) in [5.41, 5.74) is 6.13. The van der Waals surface area contributed by atoms with Gasteiger partial charge in [-0.3, -0.25) is 9.59 Å². The van der Waals surface area contributed by atoms with E-state index in [9.17, 15) is 29.7 Å². The average molecular weight is 381 g/mol. The lowest BCUT2D eigenvalue weighted by molar-refractivity contribution is -0.161. The van der Waals surface area contributed by atoms with Crippen molar-refractivity contribution in [1.82, 2.24) is 10.2 Å². The van der Waals surface area contributed by atoms with Gasteiger partial charge in [-0.15, -0.1) is 11.8 Å². The van der Waals surface area contributed by atoms with Crippen molar-refractivity contribution in [2.75, 3.05) is 0 Å². The number of nitrogens with one attached hydrogen (secondary N) is 1. The van der Waals surface area contributed by atoms with Gasteiger partial charge in [0.2, 0.25) is 11.8 Å². The molecule has 0 aliphatic carbocycles. The predicted molar refractivity (Wildman–Crippen MR) is 92.4 cm³/mol. The van der Waals surface area contributed by atoms with Crippen molar-refractivity contribution in [3.05, 3.63) is 23.8 Å². The zero-order chi connectivity index (χ0) is 19.4. The van der Waals surface area contributed by atoms with Gasteiger partial charge in [0.15, 0.2) is 11.5 Å². The van der Waals surface area contributed by atoms with Crippen LogP contribution in [0.25, 0.3) is 0 Å². The summed E-state index contributed by atoms with van der Waals surface area (Å²) in [5, 5.41) is 30.3. The number of nitrogens with two attached hydrogens (primary N) is 1. The summed E-state index contributed by atoms with van der Waals surface area (Å²) in [4.78, 5) is 37.5. The van der Waals surface area contributed by atoms with Gasteiger partial charge in [0.25, 0.3) is 0 Å². The Labute approximate surface area is 153 Å². The molecule has 2 aliphatic rings. The summed E-state index contributed by atoms with van der Waals surface area (Å²) >= 11 is 1.32. The quantitative estimate of drug-likeness (QED) is 0.353. The van der Waals surface area contributed by atoms with Crippen molar-refractivity contribution in [2.45, 2.75) is 42.1 Å². The van der Waals surface area contributed by atoms with E-state index in [2.05, 4.69) is 5.32 Å². The van der Waals surface area contributed by atoms with Crippen LogP contribution in [-0.2, 0) is 14.4 Å². The lowest BCUT2D eigenvalue weighted by atomic mass is 9.95. The van der Waals surface area contributed by atoms with E-state index in [1.165, 1.54) is 34.9 Å². The van der Waals surface area contributed by atoms with E-state index in [4.69, 9.17) is 5.73 Å². The van der Waals surface area contributed by atoms with E-state index < -0.39 is 51.8 Å². The molecule has 0 radical (unpaired) electrons. The monoisotopic (exact) mass is 381 g/mol. The minimum atomic E-state index is -1.15. The van der Waals surface area contributed by atoms with Crippen LogP contribution >= 0.6 is 11.8 Å². The molecule has 0 saturated carbocycles. The van der Waals surface area contributed by atoms with Crippen molar-refractivity contribution >= 4 is 29.5 Å². The second kappa shape index (κ2) is 6.06. The molecule has 3 rings (SSSR count). The molecular formula is C16H19N3O6S. The number of rotatable bonds is 4. The van der Waals surface area contributed by atoms with Crippen LogP contribution in [0.3, 0.4) is 0 Å². The van der Waals surface area contributed by atoms with Gasteiger partial charge < -0.3 is 31.3 Å². The molecule has 0 bridgehead atoms. The molecule has 10 heteroatoms. The van der Waals surface area contributed by atoms with Crippen LogP contribution < -0.4 is 11.1 Å². The summed E-state index contributed by atoms with van der Waals surface area (Å²) in [5.74, 6) is -2.93. The molecule has 2 fully saturated rings. The number of aliphatic carboxylic acids is 1. The van der Waals surface area contributed by atoms with E-state index >= 15 is 0 Å². The molecule has 2 heterocycles. The van der Waals surface area contributed by atoms with Gasteiger partial charge >= 0.3 is 5.97 Å². The molecule has 0 spiro atoms. The Kier molecular flexibility index (Phi) is 4.27. The zero-order valence-electron chi connectivity index (χ0n) is 14.0. The number of nitrogens with zero attached hydrogens (tertiary/aromatic N) is 1. The van der Waals surface area contributed by atoms with E-state index in [0.717, 1.165) is 0 Å². The third-order valence-electron chi connectivity index (χ3n) is 4.61. The number of phenols is 2. The highest BCUT2D eigenvalue weighted by atomic mass is 32.2. The summed E-state index contributed by atoms with van der Waals surface area (Å²) in [6.45, 7) is 3.48. The number of carboxylic acid groups (broad SMARTS) is 1. The van der Waals surface area contributed by atoms with Gasteiger partial charge in [-0.1, -0.05) is 6.07 Å². The fourth-order valence-corrected chi connectivity index (χ4v) is 4.90. The molecule has 2 saturated heterocycles. The number of benzene rings is 1. The molecule has 1 aromatic rings. The van der Waals surface area contributed by atoms with Crippen LogP contribution in [0.1, 0.15) is 25.5 Å². The molecule has 6 N–H and O–H groups in total. The first-order valence-corrected chi connectivity index (χ1v) is 8.73. The van der Waals surface area contributed by atoms with Crippen LogP contribution in [-0.4, -0.2) is 60.2 Å². The number of hydrogen-bond acceptors (Lipinski definition) is 7. The maximum absolute atomic E-state index is 12.4. The standard InChI is InChI=1S/C16H19N3O6S/c1-16(2)11(15(24)25)19-13(23)10(14(19)26-16)18-12(22)9(17)6-3-4-7(20)8(21)5-6/h3-5,9-11,14,20-21H,17H2,1-2H3,(H,18,22)(H,24,25)/t9-,10-,11+,14-/m1/s1. The highest BCUT2D eigenvalue weighted by Gasteiger charge is 2.64. The molecule has 9 nitrogen and oxygen atoms in total. The van der Waals surface area contributed by atoms with Crippen molar-refractivity contribution < 1.29 is 29.7 Å². The lowest BCUT2D eigenvalue weighted by Crippen LogP contribution is -2.71. The van der Waals surface area contributed by atoms with Crippen LogP contribution in [0.5, 0.6) is 11.5 Å². The number of amides is 2. The highest BCUT2D eigenvalue weighted by Crippen LogP contribution is 2.50. The second-order valence-corrected chi connectivity index (χ2v) is 8.58. The predicted octanol–water partition coefficient (Wildman–Crippen LogP) is -0.271. The smallest absolute Gasteiger partial charge is 0.327 e. The van der Waals surface area contributed by atoms with E-state index in [1.807, 2.05) is 0 Å². The molecular weight excluding hydrogens is 362 g/mol. The van der Waals surface area contributed by atoms with Gasteiger partial charge in [0.1, 0.15) is 23.5 Å². The van der Waals surface area contributed by atoms with Crippen molar-refractivity contribution in [3.63, 3.8) is 0 Å². The number of phenolic OH excluding ortho intramolecular Hbond substituents is 2. The number of aromatic hydroxyl groups is 2. The van der Waals surface area contributed by atoms with Gasteiger partial charge in [0.05, 0.1) is 0 Å². The topological polar surface area (TPSA) is 153 Å². The minimum absolute atomic E-state index is 0.268. The van der Waals surface area contributed by atoms with Gasteiger partial charge in [-0.2, -0.15) is 0 Å². The van der Waals surface area contributed by atoms with E-state index in [0.29, 0.717) is 0 Å². The Morgan fingerprint density at radius 3 is 2.54 bits per heavy atom. The number of hydrogen-bond donors (Lipinski definition) is 5. The average Bonchev–Trinajstić information content (AvgIpc) is 2.82. The molecule has 0 unspecified atom stereocenters. The van der Waals surface area contributed by atoms with Gasteiger partial charge in [-0.25, -0.2) is 4.79 Å². The summed E-state index contributed by atoms with van der Waals surface area (Å²) in [6, 6.07) is 0.803. The fraction of sp³-hybridized carbons (Fsp3) is 0.438. The van der Waals surface area contributed by atoms with Crippen LogP contribution in [0.4, 0.5) is 0 Å². The van der Waals surface area contributed by atoms with Crippen LogP contribution in [0, 0.1) is 0 Å². The summed E-state index contributed by atoms with van der Waals surface area (Å²) in [6.07, 6.45) is 0. The summed E-state index contributed by atoms with van der Waals surface area (Å²) in [7, 11) is 0. The Bertz CT molecular complexity index is 798. The van der Waals surface area contributed by atoms with Crippen molar-refractivity contribution in [3.8, 4) is 11.5 Å². The number of β-lactam (4-membered cyclic amide) rings is 1. The molecule has 2 aliphatic heterocycles. The van der Waals surface area contributed by atoms with Gasteiger partial charge in [-0.05, 0) is 31.5 Å². The summed E-state index contributed by atoms with van der Waals surface area (Å²) < 4.78 is -0.684. The lowest BCUT2D eigenvalue weighted by Gasteiger charge is -2.43. The first kappa shape index (κ1) is 18.3. The maximum Gasteiger partial charge on any atom is 0.327 e. The Morgan fingerprint density at radius 2 is 1.96 bits per heavy atom. The van der Waals surface area contributed by atoms with Gasteiger partial charge in [0, 0.05) is 4.75 Å².